The largest absolute Gasteiger partial charge is 0.497 e. The molecule has 1 aromatic heterocycles. The zero-order valence-electron chi connectivity index (χ0n) is 19.8. The van der Waals surface area contributed by atoms with Crippen molar-refractivity contribution in [2.75, 3.05) is 18.2 Å². The van der Waals surface area contributed by atoms with Crippen molar-refractivity contribution in [2.24, 2.45) is 5.92 Å². The molecule has 3 aromatic rings. The monoisotopic (exact) mass is 519 g/mol. The Bertz CT molecular complexity index is 1190. The molecule has 2 aromatic carbocycles. The van der Waals surface area contributed by atoms with Crippen molar-refractivity contribution in [1.82, 2.24) is 20.1 Å². The van der Waals surface area contributed by atoms with Crippen LogP contribution in [0.25, 0.3) is 0 Å². The van der Waals surface area contributed by atoms with E-state index in [4.69, 9.17) is 16.3 Å². The molecule has 0 bridgehead atoms. The van der Waals surface area contributed by atoms with E-state index in [1.165, 1.54) is 30.0 Å². The molecule has 0 radical (unpaired) electrons. The molecule has 35 heavy (non-hydrogen) atoms. The number of ether oxygens (including phenoxy) is 1. The first-order valence-electron chi connectivity index (χ1n) is 11.0. The fourth-order valence-corrected chi connectivity index (χ4v) is 4.32. The lowest BCUT2D eigenvalue weighted by Crippen LogP contribution is -2.33. The number of carbonyl (C=O) groups is 2. The second-order valence-corrected chi connectivity index (χ2v) is 9.32. The van der Waals surface area contributed by atoms with Crippen molar-refractivity contribution in [1.29, 1.82) is 0 Å². The number of anilines is 1. The van der Waals surface area contributed by atoms with Crippen LogP contribution in [0.3, 0.4) is 0 Å². The summed E-state index contributed by atoms with van der Waals surface area (Å²) < 4.78 is 20.4. The molecule has 2 amide bonds. The van der Waals surface area contributed by atoms with Crippen LogP contribution in [0.5, 0.6) is 5.75 Å². The van der Waals surface area contributed by atoms with Gasteiger partial charge in [-0.3, -0.25) is 9.59 Å². The predicted molar refractivity (Wildman–Crippen MR) is 134 cm³/mol. The molecule has 0 aliphatic carbocycles. The van der Waals surface area contributed by atoms with Crippen LogP contribution >= 0.6 is 23.4 Å². The molecule has 8 nitrogen and oxygen atoms in total. The van der Waals surface area contributed by atoms with Gasteiger partial charge in [-0.15, -0.1) is 10.2 Å². The number of halogens is 2. The average Bonchev–Trinajstić information content (AvgIpc) is 3.25. The van der Waals surface area contributed by atoms with Crippen LogP contribution in [-0.2, 0) is 11.3 Å². The Morgan fingerprint density at radius 2 is 1.89 bits per heavy atom. The van der Waals surface area contributed by atoms with Gasteiger partial charge < -0.3 is 19.9 Å². The Morgan fingerprint density at radius 1 is 1.17 bits per heavy atom. The quantitative estimate of drug-likeness (QED) is 0.367. The van der Waals surface area contributed by atoms with Gasteiger partial charge >= 0.3 is 0 Å². The lowest BCUT2D eigenvalue weighted by molar-refractivity contribution is -0.113. The van der Waals surface area contributed by atoms with Gasteiger partial charge in [-0.2, -0.15) is 0 Å². The third-order valence-corrected chi connectivity index (χ3v) is 6.44. The van der Waals surface area contributed by atoms with Gasteiger partial charge in [-0.05, 0) is 55.3 Å². The highest BCUT2D eigenvalue weighted by Gasteiger charge is 2.26. The molecule has 1 unspecified atom stereocenters. The molecule has 1 heterocycles. The van der Waals surface area contributed by atoms with Crippen LogP contribution in [0.15, 0.2) is 47.6 Å². The molecule has 0 spiro atoms. The van der Waals surface area contributed by atoms with Crippen molar-refractivity contribution in [3.8, 4) is 5.75 Å². The molecule has 1 atom stereocenters. The first kappa shape index (κ1) is 26.5. The van der Waals surface area contributed by atoms with E-state index in [0.29, 0.717) is 34.5 Å². The Kier molecular flexibility index (Phi) is 9.11. The van der Waals surface area contributed by atoms with E-state index in [9.17, 15) is 14.0 Å². The first-order valence-corrected chi connectivity index (χ1v) is 12.4. The van der Waals surface area contributed by atoms with Crippen molar-refractivity contribution >= 4 is 40.9 Å². The number of aromatic nitrogens is 3. The zero-order valence-corrected chi connectivity index (χ0v) is 21.4. The number of hydrogen-bond donors (Lipinski definition) is 2. The minimum atomic E-state index is -0.554. The lowest BCUT2D eigenvalue weighted by atomic mass is 10.0. The maximum Gasteiger partial charge on any atom is 0.251 e. The van der Waals surface area contributed by atoms with Gasteiger partial charge in [0, 0.05) is 17.8 Å². The van der Waals surface area contributed by atoms with E-state index in [1.54, 1.807) is 31.4 Å². The summed E-state index contributed by atoms with van der Waals surface area (Å²) in [5, 5.41) is 14.8. The zero-order chi connectivity index (χ0) is 25.5. The predicted octanol–water partition coefficient (Wildman–Crippen LogP) is 4.96. The smallest absolute Gasteiger partial charge is 0.251 e. The van der Waals surface area contributed by atoms with Crippen LogP contribution in [-0.4, -0.2) is 39.4 Å². The second kappa shape index (κ2) is 12.0. The van der Waals surface area contributed by atoms with Crippen molar-refractivity contribution in [3.63, 3.8) is 0 Å². The Labute approximate surface area is 212 Å². The maximum atomic E-state index is 13.3. The van der Waals surface area contributed by atoms with Crippen LogP contribution in [0.4, 0.5) is 10.1 Å². The summed E-state index contributed by atoms with van der Waals surface area (Å²) in [7, 11) is 1.57. The third kappa shape index (κ3) is 6.73. The Morgan fingerprint density at radius 3 is 2.49 bits per heavy atom. The summed E-state index contributed by atoms with van der Waals surface area (Å²) >= 11 is 6.99. The van der Waals surface area contributed by atoms with Crippen molar-refractivity contribution < 1.29 is 18.7 Å². The fourth-order valence-electron chi connectivity index (χ4n) is 3.33. The molecular formula is C24H27ClFN5O3S. The van der Waals surface area contributed by atoms with E-state index in [2.05, 4.69) is 20.8 Å². The topological polar surface area (TPSA) is 98.1 Å². The Balaban J connectivity index is 1.70. The van der Waals surface area contributed by atoms with E-state index in [1.807, 2.05) is 25.3 Å². The molecule has 2 N–H and O–H groups in total. The number of benzene rings is 2. The molecule has 3 rings (SSSR count). The SMILES string of the molecule is CCn1c(SCC(=O)Nc2ccc(F)c(Cl)c2)nnc1C(NC(=O)c1ccc(OC)cc1)C(C)C. The number of hydrogen-bond acceptors (Lipinski definition) is 6. The number of rotatable bonds is 10. The van der Waals surface area contributed by atoms with Crippen LogP contribution in [0.2, 0.25) is 5.02 Å². The van der Waals surface area contributed by atoms with Crippen LogP contribution in [0.1, 0.15) is 43.0 Å². The average molecular weight is 520 g/mol. The number of nitrogens with zero attached hydrogens (tertiary/aromatic N) is 3. The molecule has 0 saturated heterocycles. The van der Waals surface area contributed by atoms with Gasteiger partial charge in [-0.25, -0.2) is 4.39 Å². The van der Waals surface area contributed by atoms with Gasteiger partial charge in [0.1, 0.15) is 11.6 Å². The molecule has 0 saturated carbocycles. The minimum Gasteiger partial charge on any atom is -0.497 e. The van der Waals surface area contributed by atoms with Crippen LogP contribution < -0.4 is 15.4 Å². The number of carbonyl (C=O) groups excluding carboxylic acids is 2. The molecule has 186 valence electrons. The van der Waals surface area contributed by atoms with Gasteiger partial charge in [0.15, 0.2) is 11.0 Å². The van der Waals surface area contributed by atoms with E-state index >= 15 is 0 Å². The molecule has 0 fully saturated rings. The molecular weight excluding hydrogens is 493 g/mol. The minimum absolute atomic E-state index is 0.0380. The van der Waals surface area contributed by atoms with Gasteiger partial charge in [0.05, 0.1) is 23.9 Å². The van der Waals surface area contributed by atoms with E-state index in [-0.39, 0.29) is 34.5 Å². The van der Waals surface area contributed by atoms with Gasteiger partial charge in [0.25, 0.3) is 5.91 Å². The number of thioether (sulfide) groups is 1. The molecule has 11 heteroatoms. The lowest BCUT2D eigenvalue weighted by Gasteiger charge is -2.22. The van der Waals surface area contributed by atoms with E-state index < -0.39 is 5.82 Å². The maximum absolute atomic E-state index is 13.3. The second-order valence-electron chi connectivity index (χ2n) is 7.97. The summed E-state index contributed by atoms with van der Waals surface area (Å²) in [6.45, 7) is 6.48. The van der Waals surface area contributed by atoms with Gasteiger partial charge in [-0.1, -0.05) is 37.2 Å². The highest BCUT2D eigenvalue weighted by atomic mass is 35.5. The summed E-state index contributed by atoms with van der Waals surface area (Å²) in [5.74, 6) is 0.301. The number of methoxy groups -OCH3 is 1. The Hall–Kier alpha value is -3.11. The summed E-state index contributed by atoms with van der Waals surface area (Å²) in [4.78, 5) is 25.3. The normalized spacial score (nSPS) is 11.9. The standard InChI is InChI=1S/C24H27ClFN5O3S/c1-5-31-22(21(14(2)3)28-23(33)15-6-9-17(34-4)10-7-15)29-30-24(31)35-13-20(32)27-16-8-11-19(26)18(25)12-16/h6-12,14,21H,5,13H2,1-4H3,(H,27,32)(H,28,33). The first-order chi connectivity index (χ1) is 16.7. The van der Waals surface area contributed by atoms with E-state index in [0.717, 1.165) is 0 Å². The number of nitrogens with one attached hydrogen (secondary N) is 2. The summed E-state index contributed by atoms with van der Waals surface area (Å²) in [5.41, 5.74) is 0.909. The summed E-state index contributed by atoms with van der Waals surface area (Å²) in [6, 6.07) is 10.5. The van der Waals surface area contributed by atoms with Crippen LogP contribution in [0, 0.1) is 11.7 Å². The van der Waals surface area contributed by atoms with Crippen molar-refractivity contribution in [2.45, 2.75) is 38.5 Å². The van der Waals surface area contributed by atoms with Crippen molar-refractivity contribution in [3.05, 3.63) is 64.7 Å². The summed E-state index contributed by atoms with van der Waals surface area (Å²) in [6.07, 6.45) is 0. The molecule has 0 aliphatic rings. The fraction of sp³-hybridized carbons (Fsp3) is 0.333. The van der Waals surface area contributed by atoms with Gasteiger partial charge in [0.2, 0.25) is 5.91 Å². The highest BCUT2D eigenvalue weighted by Crippen LogP contribution is 2.26. The molecule has 0 aliphatic heterocycles. The number of amides is 2. The highest BCUT2D eigenvalue weighted by molar-refractivity contribution is 7.99. The third-order valence-electron chi connectivity index (χ3n) is 5.18.